The van der Waals surface area contributed by atoms with Crippen LogP contribution in [0, 0.1) is 5.92 Å². The van der Waals surface area contributed by atoms with E-state index in [0.717, 1.165) is 45.4 Å². The molecule has 170 valence electrons. The number of carbonyl (C=O) groups is 2. The van der Waals surface area contributed by atoms with Gasteiger partial charge in [-0.2, -0.15) is 0 Å². The zero-order chi connectivity index (χ0) is 22.3. The first-order valence-electron chi connectivity index (χ1n) is 12.0. The predicted octanol–water partition coefficient (Wildman–Crippen LogP) is 3.59. The Labute approximate surface area is 192 Å². The quantitative estimate of drug-likeness (QED) is 0.699. The average molecular weight is 434 g/mol. The second-order valence-electron chi connectivity index (χ2n) is 9.24. The van der Waals surface area contributed by atoms with E-state index in [1.807, 2.05) is 29.2 Å². The van der Waals surface area contributed by atoms with Gasteiger partial charge in [0.2, 0.25) is 11.8 Å². The van der Waals surface area contributed by atoms with E-state index in [4.69, 9.17) is 0 Å². The third kappa shape index (κ3) is 5.77. The Balaban J connectivity index is 1.21. The lowest BCUT2D eigenvalue weighted by Gasteiger charge is -2.42. The summed E-state index contributed by atoms with van der Waals surface area (Å²) < 4.78 is 0. The lowest BCUT2D eigenvalue weighted by Crippen LogP contribution is -2.56. The first-order valence-corrected chi connectivity index (χ1v) is 12.0. The van der Waals surface area contributed by atoms with Gasteiger partial charge >= 0.3 is 0 Å². The standard InChI is InChI=1S/C27H35N3O2/c1-22-20-28(21-24-10-6-3-7-11-24)18-19-30(22)27(32)25-14-16-29(17-15-25)26(31)13-12-23-8-4-2-5-9-23/h2-11,22,25H,12-21H2,1H3. The molecule has 0 aliphatic carbocycles. The number of piperazine rings is 1. The summed E-state index contributed by atoms with van der Waals surface area (Å²) in [6.45, 7) is 7.13. The molecule has 5 heteroatoms. The molecule has 0 spiro atoms. The molecule has 2 aromatic rings. The molecule has 4 rings (SSSR count). The van der Waals surface area contributed by atoms with Crippen LogP contribution in [-0.2, 0) is 22.6 Å². The van der Waals surface area contributed by atoms with Gasteiger partial charge < -0.3 is 9.80 Å². The van der Waals surface area contributed by atoms with Crippen molar-refractivity contribution in [3.8, 4) is 0 Å². The van der Waals surface area contributed by atoms with E-state index in [1.54, 1.807) is 0 Å². The van der Waals surface area contributed by atoms with Crippen LogP contribution in [0.2, 0.25) is 0 Å². The Morgan fingerprint density at radius 1 is 0.844 bits per heavy atom. The molecule has 0 N–H and O–H groups in total. The number of piperidine rings is 1. The molecule has 2 aliphatic heterocycles. The van der Waals surface area contributed by atoms with Gasteiger partial charge in [0.05, 0.1) is 0 Å². The van der Waals surface area contributed by atoms with Crippen LogP contribution in [0.1, 0.15) is 37.3 Å². The van der Waals surface area contributed by atoms with Gasteiger partial charge in [-0.3, -0.25) is 14.5 Å². The fraction of sp³-hybridized carbons (Fsp3) is 0.481. The van der Waals surface area contributed by atoms with Crippen molar-refractivity contribution < 1.29 is 9.59 Å². The van der Waals surface area contributed by atoms with Crippen LogP contribution in [0.5, 0.6) is 0 Å². The van der Waals surface area contributed by atoms with E-state index >= 15 is 0 Å². The van der Waals surface area contributed by atoms with Crippen LogP contribution in [0.4, 0.5) is 0 Å². The SMILES string of the molecule is CC1CN(Cc2ccccc2)CCN1C(=O)C1CCN(C(=O)CCc2ccccc2)CC1. The summed E-state index contributed by atoms with van der Waals surface area (Å²) in [4.78, 5) is 32.3. The molecule has 1 atom stereocenters. The first-order chi connectivity index (χ1) is 15.6. The second-order valence-corrected chi connectivity index (χ2v) is 9.24. The lowest BCUT2D eigenvalue weighted by atomic mass is 9.93. The minimum Gasteiger partial charge on any atom is -0.343 e. The largest absolute Gasteiger partial charge is 0.343 e. The monoisotopic (exact) mass is 433 g/mol. The summed E-state index contributed by atoms with van der Waals surface area (Å²) in [6, 6.07) is 20.9. The number of nitrogens with zero attached hydrogens (tertiary/aromatic N) is 3. The van der Waals surface area contributed by atoms with Crippen molar-refractivity contribution in [2.75, 3.05) is 32.7 Å². The zero-order valence-corrected chi connectivity index (χ0v) is 19.2. The summed E-state index contributed by atoms with van der Waals surface area (Å²) in [5.74, 6) is 0.548. The van der Waals surface area contributed by atoms with Crippen molar-refractivity contribution in [1.29, 1.82) is 0 Å². The van der Waals surface area contributed by atoms with Crippen LogP contribution in [-0.4, -0.2) is 65.3 Å². The van der Waals surface area contributed by atoms with Crippen LogP contribution < -0.4 is 0 Å². The van der Waals surface area contributed by atoms with Crippen molar-refractivity contribution in [1.82, 2.24) is 14.7 Å². The fourth-order valence-electron chi connectivity index (χ4n) is 5.01. The molecule has 5 nitrogen and oxygen atoms in total. The van der Waals surface area contributed by atoms with Crippen LogP contribution in [0.3, 0.4) is 0 Å². The smallest absolute Gasteiger partial charge is 0.226 e. The van der Waals surface area contributed by atoms with E-state index in [2.05, 4.69) is 53.1 Å². The van der Waals surface area contributed by atoms with Crippen LogP contribution >= 0.6 is 0 Å². The normalized spacial score (nSPS) is 20.3. The number of carbonyl (C=O) groups excluding carboxylic acids is 2. The Kier molecular flexibility index (Phi) is 7.59. The molecule has 2 saturated heterocycles. The second kappa shape index (κ2) is 10.8. The molecule has 32 heavy (non-hydrogen) atoms. The van der Waals surface area contributed by atoms with Crippen molar-refractivity contribution in [2.45, 2.75) is 45.2 Å². The van der Waals surface area contributed by atoms with Crippen molar-refractivity contribution >= 4 is 11.8 Å². The topological polar surface area (TPSA) is 43.9 Å². The highest BCUT2D eigenvalue weighted by atomic mass is 16.2. The summed E-state index contributed by atoms with van der Waals surface area (Å²) in [5, 5.41) is 0. The van der Waals surface area contributed by atoms with E-state index < -0.39 is 0 Å². The maximum atomic E-state index is 13.2. The Bertz CT molecular complexity index is 878. The molecular formula is C27H35N3O2. The van der Waals surface area contributed by atoms with Gasteiger partial charge in [-0.15, -0.1) is 0 Å². The lowest BCUT2D eigenvalue weighted by molar-refractivity contribution is -0.144. The van der Waals surface area contributed by atoms with Gasteiger partial charge in [0.25, 0.3) is 0 Å². The van der Waals surface area contributed by atoms with Gasteiger partial charge in [0.1, 0.15) is 0 Å². The zero-order valence-electron chi connectivity index (χ0n) is 19.2. The number of hydrogen-bond donors (Lipinski definition) is 0. The van der Waals surface area contributed by atoms with Crippen LogP contribution in [0.15, 0.2) is 60.7 Å². The van der Waals surface area contributed by atoms with Gasteiger partial charge in [-0.05, 0) is 37.3 Å². The van der Waals surface area contributed by atoms with Crippen LogP contribution in [0.25, 0.3) is 0 Å². The molecule has 2 heterocycles. The molecule has 2 fully saturated rings. The molecule has 2 aromatic carbocycles. The number of aryl methyl sites for hydroxylation is 1. The minimum absolute atomic E-state index is 0.0521. The molecule has 0 aromatic heterocycles. The average Bonchev–Trinajstić information content (AvgIpc) is 2.84. The van der Waals surface area contributed by atoms with E-state index in [-0.39, 0.29) is 23.8 Å². The highest BCUT2D eigenvalue weighted by molar-refractivity contribution is 5.80. The number of rotatable bonds is 6. The highest BCUT2D eigenvalue weighted by Gasteiger charge is 2.34. The Hall–Kier alpha value is -2.66. The maximum absolute atomic E-state index is 13.2. The molecule has 2 amide bonds. The van der Waals surface area contributed by atoms with Gasteiger partial charge in [-0.1, -0.05) is 60.7 Å². The van der Waals surface area contributed by atoms with Crippen molar-refractivity contribution in [3.05, 3.63) is 71.8 Å². The third-order valence-corrected chi connectivity index (χ3v) is 6.91. The summed E-state index contributed by atoms with van der Waals surface area (Å²) >= 11 is 0. The predicted molar refractivity (Wildman–Crippen MR) is 127 cm³/mol. The van der Waals surface area contributed by atoms with Gasteiger partial charge in [0.15, 0.2) is 0 Å². The molecule has 1 unspecified atom stereocenters. The van der Waals surface area contributed by atoms with Gasteiger partial charge in [-0.25, -0.2) is 0 Å². The van der Waals surface area contributed by atoms with Gasteiger partial charge in [0, 0.05) is 57.6 Å². The van der Waals surface area contributed by atoms with Crippen molar-refractivity contribution in [3.63, 3.8) is 0 Å². The number of hydrogen-bond acceptors (Lipinski definition) is 3. The number of benzene rings is 2. The molecule has 2 aliphatic rings. The Morgan fingerprint density at radius 3 is 2.09 bits per heavy atom. The van der Waals surface area contributed by atoms with Crippen molar-refractivity contribution in [2.24, 2.45) is 5.92 Å². The van der Waals surface area contributed by atoms with E-state index in [0.29, 0.717) is 19.5 Å². The number of likely N-dealkylation sites (tertiary alicyclic amines) is 1. The molecule has 0 radical (unpaired) electrons. The third-order valence-electron chi connectivity index (χ3n) is 6.91. The highest BCUT2D eigenvalue weighted by Crippen LogP contribution is 2.23. The maximum Gasteiger partial charge on any atom is 0.226 e. The summed E-state index contributed by atoms with van der Waals surface area (Å²) in [6.07, 6.45) is 2.89. The molecular weight excluding hydrogens is 398 g/mol. The minimum atomic E-state index is 0.0521. The molecule has 0 saturated carbocycles. The summed E-state index contributed by atoms with van der Waals surface area (Å²) in [7, 11) is 0. The first kappa shape index (κ1) is 22.5. The Morgan fingerprint density at radius 2 is 1.47 bits per heavy atom. The fourth-order valence-corrected chi connectivity index (χ4v) is 5.01. The van der Waals surface area contributed by atoms with E-state index in [9.17, 15) is 9.59 Å². The number of amides is 2. The van der Waals surface area contributed by atoms with E-state index in [1.165, 1.54) is 11.1 Å². The molecule has 0 bridgehead atoms. The summed E-state index contributed by atoms with van der Waals surface area (Å²) in [5.41, 5.74) is 2.52.